The number of anilines is 1. The third-order valence-corrected chi connectivity index (χ3v) is 6.74. The van der Waals surface area contributed by atoms with E-state index in [1.54, 1.807) is 16.2 Å². The number of hydrogen-bond acceptors (Lipinski definition) is 5. The second-order valence-electron chi connectivity index (χ2n) is 7.37. The Labute approximate surface area is 178 Å². The van der Waals surface area contributed by atoms with Crippen molar-refractivity contribution in [1.82, 2.24) is 14.5 Å². The van der Waals surface area contributed by atoms with E-state index in [9.17, 15) is 0 Å². The van der Waals surface area contributed by atoms with Gasteiger partial charge in [-0.3, -0.25) is 4.57 Å². The Morgan fingerprint density at radius 3 is 2.28 bits per heavy atom. The van der Waals surface area contributed by atoms with Crippen molar-refractivity contribution in [2.75, 3.05) is 38.1 Å². The van der Waals surface area contributed by atoms with Gasteiger partial charge < -0.3 is 9.80 Å². The van der Waals surface area contributed by atoms with Crippen LogP contribution in [0.3, 0.4) is 0 Å². The number of rotatable bonds is 3. The maximum absolute atomic E-state index is 5.77. The van der Waals surface area contributed by atoms with E-state index in [1.165, 1.54) is 0 Å². The van der Waals surface area contributed by atoms with Gasteiger partial charge in [0.15, 0.2) is 21.2 Å². The summed E-state index contributed by atoms with van der Waals surface area (Å²) in [6.45, 7) is 4.19. The van der Waals surface area contributed by atoms with E-state index in [-0.39, 0.29) is 0 Å². The molecule has 1 fully saturated rings. The lowest BCUT2D eigenvalue weighted by Crippen LogP contribution is -3.12. The van der Waals surface area contributed by atoms with Crippen LogP contribution in [0, 0.1) is 3.95 Å². The van der Waals surface area contributed by atoms with Gasteiger partial charge in [0.05, 0.1) is 33.2 Å². The molecule has 1 N–H and O–H groups in total. The Morgan fingerprint density at radius 1 is 0.931 bits per heavy atom. The summed E-state index contributed by atoms with van der Waals surface area (Å²) in [7, 11) is 2.25. The highest BCUT2D eigenvalue weighted by atomic mass is 32.1. The highest BCUT2D eigenvalue weighted by Crippen LogP contribution is 2.34. The van der Waals surface area contributed by atoms with Gasteiger partial charge in [-0.05, 0) is 24.4 Å². The molecule has 0 spiro atoms. The molecule has 0 bridgehead atoms. The lowest BCUT2D eigenvalue weighted by molar-refractivity contribution is -0.880. The molecular weight excluding hydrogens is 398 g/mol. The molecule has 4 aromatic rings. The summed E-state index contributed by atoms with van der Waals surface area (Å²) >= 11 is 7.37. The normalized spacial score (nSPS) is 15.1. The van der Waals surface area contributed by atoms with Crippen molar-refractivity contribution in [3.8, 4) is 17.1 Å². The molecule has 3 heterocycles. The van der Waals surface area contributed by atoms with Gasteiger partial charge in [-0.15, -0.1) is 0 Å². The minimum Gasteiger partial charge on any atom is -0.344 e. The Kier molecular flexibility index (Phi) is 4.87. The number of fused-ring (bicyclic) bond motifs is 1. The SMILES string of the molecule is C[NH+]1CCN(c2nc(-c3ccccc3)nc3c2sc(=S)n3-c2ccccc2)CC1. The molecule has 0 radical (unpaired) electrons. The van der Waals surface area contributed by atoms with E-state index in [0.717, 1.165) is 63.4 Å². The third-order valence-electron chi connectivity index (χ3n) is 5.38. The van der Waals surface area contributed by atoms with Gasteiger partial charge in [0.25, 0.3) is 0 Å². The Hall–Kier alpha value is -2.61. The first kappa shape index (κ1) is 18.4. The number of nitrogens with zero attached hydrogens (tertiary/aromatic N) is 4. The molecule has 2 aromatic carbocycles. The highest BCUT2D eigenvalue weighted by Gasteiger charge is 2.24. The number of thiazole rings is 1. The average Bonchev–Trinajstić information content (AvgIpc) is 3.10. The van der Waals surface area contributed by atoms with Crippen LogP contribution in [0.15, 0.2) is 60.7 Å². The van der Waals surface area contributed by atoms with E-state index in [0.29, 0.717) is 0 Å². The van der Waals surface area contributed by atoms with E-state index in [1.807, 2.05) is 36.4 Å². The minimum atomic E-state index is 0.747. The third kappa shape index (κ3) is 3.46. The number of piperazine rings is 1. The van der Waals surface area contributed by atoms with Crippen molar-refractivity contribution in [1.29, 1.82) is 0 Å². The molecule has 0 saturated carbocycles. The molecule has 0 aliphatic carbocycles. The molecule has 7 heteroatoms. The molecule has 0 unspecified atom stereocenters. The zero-order valence-corrected chi connectivity index (χ0v) is 17.8. The van der Waals surface area contributed by atoms with Gasteiger partial charge in [-0.1, -0.05) is 59.9 Å². The molecular formula is C22H22N5S2+. The molecule has 1 aliphatic heterocycles. The van der Waals surface area contributed by atoms with Crippen LogP contribution < -0.4 is 9.80 Å². The van der Waals surface area contributed by atoms with Crippen LogP contribution in [-0.2, 0) is 0 Å². The maximum atomic E-state index is 5.77. The number of nitrogens with one attached hydrogen (secondary N) is 1. The van der Waals surface area contributed by atoms with E-state index >= 15 is 0 Å². The molecule has 146 valence electrons. The van der Waals surface area contributed by atoms with Crippen LogP contribution in [0.25, 0.3) is 27.4 Å². The van der Waals surface area contributed by atoms with Gasteiger partial charge in [0.2, 0.25) is 0 Å². The van der Waals surface area contributed by atoms with E-state index in [2.05, 4.69) is 40.8 Å². The van der Waals surface area contributed by atoms with Crippen molar-refractivity contribution in [3.05, 3.63) is 64.6 Å². The van der Waals surface area contributed by atoms with Gasteiger partial charge in [0, 0.05) is 11.3 Å². The smallest absolute Gasteiger partial charge is 0.168 e. The van der Waals surface area contributed by atoms with Crippen molar-refractivity contribution >= 4 is 39.7 Å². The van der Waals surface area contributed by atoms with Crippen molar-refractivity contribution in [2.24, 2.45) is 0 Å². The summed E-state index contributed by atoms with van der Waals surface area (Å²) in [5.74, 6) is 1.75. The van der Waals surface area contributed by atoms with Crippen LogP contribution in [0.4, 0.5) is 5.82 Å². The Bertz CT molecular complexity index is 1190. The highest BCUT2D eigenvalue weighted by molar-refractivity contribution is 7.73. The second kappa shape index (κ2) is 7.67. The van der Waals surface area contributed by atoms with Gasteiger partial charge in [0.1, 0.15) is 4.70 Å². The second-order valence-corrected chi connectivity index (χ2v) is 9.02. The first-order valence-corrected chi connectivity index (χ1v) is 11.0. The van der Waals surface area contributed by atoms with E-state index < -0.39 is 0 Å². The van der Waals surface area contributed by atoms with Crippen LogP contribution in [0.2, 0.25) is 0 Å². The summed E-state index contributed by atoms with van der Waals surface area (Å²) < 4.78 is 3.94. The summed E-state index contributed by atoms with van der Waals surface area (Å²) in [6, 6.07) is 20.4. The molecule has 29 heavy (non-hydrogen) atoms. The van der Waals surface area contributed by atoms with Gasteiger partial charge in [-0.2, -0.15) is 0 Å². The summed E-state index contributed by atoms with van der Waals surface area (Å²) in [5, 5.41) is 0. The fraction of sp³-hybridized carbons (Fsp3) is 0.227. The van der Waals surface area contributed by atoms with Gasteiger partial charge in [-0.25, -0.2) is 9.97 Å². The standard InChI is InChI=1S/C22H21N5S2/c1-25-12-14-26(15-13-25)20-18-21(24-19(23-20)16-8-4-2-5-9-16)27(22(28)29-18)17-10-6-3-7-11-17/h2-11H,12-15H2,1H3/p+1. The average molecular weight is 421 g/mol. The summed E-state index contributed by atoms with van der Waals surface area (Å²) in [4.78, 5) is 14.0. The van der Waals surface area contributed by atoms with Crippen LogP contribution in [0.1, 0.15) is 0 Å². The molecule has 5 nitrogen and oxygen atoms in total. The van der Waals surface area contributed by atoms with Crippen molar-refractivity contribution in [2.45, 2.75) is 0 Å². The first-order chi connectivity index (χ1) is 14.2. The zero-order chi connectivity index (χ0) is 19.8. The number of quaternary nitrogens is 1. The molecule has 0 atom stereocenters. The molecule has 0 amide bonds. The Morgan fingerprint density at radius 2 is 1.59 bits per heavy atom. The quantitative estimate of drug-likeness (QED) is 0.517. The number of para-hydroxylation sites is 1. The van der Waals surface area contributed by atoms with Crippen LogP contribution >= 0.6 is 23.6 Å². The summed E-state index contributed by atoms with van der Waals surface area (Å²) in [6.07, 6.45) is 0. The van der Waals surface area contributed by atoms with Crippen molar-refractivity contribution in [3.63, 3.8) is 0 Å². The lowest BCUT2D eigenvalue weighted by atomic mass is 10.2. The number of likely N-dealkylation sites (N-methyl/N-ethyl adjacent to an activating group) is 1. The van der Waals surface area contributed by atoms with Gasteiger partial charge >= 0.3 is 0 Å². The lowest BCUT2D eigenvalue weighted by Gasteiger charge is -2.31. The fourth-order valence-electron chi connectivity index (χ4n) is 3.73. The van der Waals surface area contributed by atoms with Crippen LogP contribution in [-0.4, -0.2) is 47.8 Å². The zero-order valence-electron chi connectivity index (χ0n) is 16.2. The largest absolute Gasteiger partial charge is 0.344 e. The molecule has 5 rings (SSSR count). The predicted octanol–water partition coefficient (Wildman–Crippen LogP) is 3.21. The monoisotopic (exact) mass is 420 g/mol. The fourth-order valence-corrected chi connectivity index (χ4v) is 5.12. The molecule has 1 saturated heterocycles. The number of hydrogen-bond donors (Lipinski definition) is 1. The summed E-state index contributed by atoms with van der Waals surface area (Å²) in [5.41, 5.74) is 2.95. The molecule has 2 aromatic heterocycles. The topological polar surface area (TPSA) is 38.4 Å². The predicted molar refractivity (Wildman–Crippen MR) is 122 cm³/mol. The number of benzene rings is 2. The van der Waals surface area contributed by atoms with E-state index in [4.69, 9.17) is 22.2 Å². The minimum absolute atomic E-state index is 0.747. The van der Waals surface area contributed by atoms with Crippen LogP contribution in [0.5, 0.6) is 0 Å². The molecule has 1 aliphatic rings. The number of aromatic nitrogens is 3. The maximum Gasteiger partial charge on any atom is 0.168 e. The van der Waals surface area contributed by atoms with Crippen molar-refractivity contribution < 1.29 is 4.90 Å². The first-order valence-electron chi connectivity index (χ1n) is 9.81. The Balaban J connectivity index is 1.76.